The molecule has 1 aromatic carbocycles. The third-order valence-electron chi connectivity index (χ3n) is 4.20. The van der Waals surface area contributed by atoms with Crippen molar-refractivity contribution in [2.45, 2.75) is 25.5 Å². The molecule has 1 fully saturated rings. The molecule has 3 rings (SSSR count). The molecule has 0 radical (unpaired) electrons. The summed E-state index contributed by atoms with van der Waals surface area (Å²) < 4.78 is 10.8. The van der Waals surface area contributed by atoms with Crippen LogP contribution in [-0.2, 0) is 14.3 Å². The van der Waals surface area contributed by atoms with Crippen molar-refractivity contribution in [2.75, 3.05) is 20.3 Å². The van der Waals surface area contributed by atoms with E-state index in [1.54, 1.807) is 0 Å². The van der Waals surface area contributed by atoms with Gasteiger partial charge in [-0.05, 0) is 12.5 Å². The normalized spacial score (nSPS) is 25.6. The second kappa shape index (κ2) is 5.29. The van der Waals surface area contributed by atoms with Gasteiger partial charge in [-0.2, -0.15) is 0 Å². The first kappa shape index (κ1) is 13.2. The fraction of sp³-hybridized carbons (Fsp3) is 0.438. The van der Waals surface area contributed by atoms with E-state index in [1.807, 2.05) is 25.1 Å². The number of benzene rings is 1. The Balaban J connectivity index is 2.05. The minimum atomic E-state index is -0.235. The van der Waals surface area contributed by atoms with Gasteiger partial charge < -0.3 is 14.4 Å². The third-order valence-corrected chi connectivity index (χ3v) is 4.20. The van der Waals surface area contributed by atoms with Gasteiger partial charge in [0.15, 0.2) is 0 Å². The van der Waals surface area contributed by atoms with Crippen molar-refractivity contribution in [3.8, 4) is 0 Å². The Morgan fingerprint density at radius 1 is 1.35 bits per heavy atom. The van der Waals surface area contributed by atoms with Crippen LogP contribution in [0.25, 0.3) is 0 Å². The SMILES string of the molecule is COC(=O)C1=C(C)N2CCO[C@H]2C[C@@H]1c1ccccc1. The molecule has 0 bridgehead atoms. The van der Waals surface area contributed by atoms with E-state index in [4.69, 9.17) is 9.47 Å². The molecule has 0 unspecified atom stereocenters. The summed E-state index contributed by atoms with van der Waals surface area (Å²) in [6.45, 7) is 3.56. The van der Waals surface area contributed by atoms with Crippen LogP contribution >= 0.6 is 0 Å². The van der Waals surface area contributed by atoms with Gasteiger partial charge in [0.25, 0.3) is 0 Å². The molecular formula is C16H19NO3. The van der Waals surface area contributed by atoms with E-state index in [-0.39, 0.29) is 18.1 Å². The first-order chi connectivity index (χ1) is 9.72. The fourth-order valence-electron chi connectivity index (χ4n) is 3.21. The molecule has 0 aromatic heterocycles. The van der Waals surface area contributed by atoms with E-state index in [1.165, 1.54) is 7.11 Å². The lowest BCUT2D eigenvalue weighted by molar-refractivity contribution is -0.137. The molecule has 0 aliphatic carbocycles. The molecule has 20 heavy (non-hydrogen) atoms. The van der Waals surface area contributed by atoms with Crippen LogP contribution in [-0.4, -0.2) is 37.4 Å². The maximum absolute atomic E-state index is 12.2. The van der Waals surface area contributed by atoms with Crippen LogP contribution in [0.15, 0.2) is 41.6 Å². The Bertz CT molecular complexity index is 538. The van der Waals surface area contributed by atoms with Gasteiger partial charge in [-0.3, -0.25) is 0 Å². The van der Waals surface area contributed by atoms with Gasteiger partial charge in [0.1, 0.15) is 6.23 Å². The number of esters is 1. The van der Waals surface area contributed by atoms with Gasteiger partial charge >= 0.3 is 5.97 Å². The molecule has 2 aliphatic rings. The Kier molecular flexibility index (Phi) is 3.49. The topological polar surface area (TPSA) is 38.8 Å². The van der Waals surface area contributed by atoms with Crippen molar-refractivity contribution in [3.63, 3.8) is 0 Å². The van der Waals surface area contributed by atoms with Crippen molar-refractivity contribution in [1.82, 2.24) is 4.90 Å². The van der Waals surface area contributed by atoms with E-state index in [0.29, 0.717) is 0 Å². The molecule has 1 aromatic rings. The molecule has 0 N–H and O–H groups in total. The molecule has 2 heterocycles. The summed E-state index contributed by atoms with van der Waals surface area (Å²) in [5.74, 6) is -0.190. The second-order valence-electron chi connectivity index (χ2n) is 5.21. The summed E-state index contributed by atoms with van der Waals surface area (Å²) in [6, 6.07) is 10.1. The number of hydrogen-bond acceptors (Lipinski definition) is 4. The molecule has 0 amide bonds. The molecule has 4 heteroatoms. The summed E-state index contributed by atoms with van der Waals surface area (Å²) in [4.78, 5) is 14.4. The van der Waals surface area contributed by atoms with E-state index >= 15 is 0 Å². The largest absolute Gasteiger partial charge is 0.466 e. The second-order valence-corrected chi connectivity index (χ2v) is 5.21. The lowest BCUT2D eigenvalue weighted by Crippen LogP contribution is -2.38. The Morgan fingerprint density at radius 2 is 2.10 bits per heavy atom. The minimum Gasteiger partial charge on any atom is -0.466 e. The number of carbonyl (C=O) groups is 1. The number of nitrogens with zero attached hydrogens (tertiary/aromatic N) is 1. The first-order valence-electron chi connectivity index (χ1n) is 6.94. The number of methoxy groups -OCH3 is 1. The summed E-state index contributed by atoms with van der Waals surface area (Å²) >= 11 is 0. The molecule has 2 atom stereocenters. The van der Waals surface area contributed by atoms with E-state index in [0.717, 1.165) is 36.4 Å². The maximum Gasteiger partial charge on any atom is 0.336 e. The smallest absolute Gasteiger partial charge is 0.336 e. The number of carbonyl (C=O) groups excluding carboxylic acids is 1. The number of rotatable bonds is 2. The monoisotopic (exact) mass is 273 g/mol. The highest BCUT2D eigenvalue weighted by Gasteiger charge is 2.39. The molecule has 2 aliphatic heterocycles. The van der Waals surface area contributed by atoms with Gasteiger partial charge in [0.2, 0.25) is 0 Å². The number of hydrogen-bond donors (Lipinski definition) is 0. The molecule has 0 saturated carbocycles. The van der Waals surface area contributed by atoms with Crippen LogP contribution in [0.2, 0.25) is 0 Å². The summed E-state index contributed by atoms with van der Waals surface area (Å²) in [6.07, 6.45) is 0.875. The minimum absolute atomic E-state index is 0.0444. The Morgan fingerprint density at radius 3 is 2.80 bits per heavy atom. The van der Waals surface area contributed by atoms with Gasteiger partial charge in [-0.15, -0.1) is 0 Å². The van der Waals surface area contributed by atoms with Crippen molar-refractivity contribution in [2.24, 2.45) is 0 Å². The van der Waals surface area contributed by atoms with Gasteiger partial charge in [0.05, 0.1) is 19.3 Å². The predicted octanol–water partition coefficient (Wildman–Crippen LogP) is 2.28. The summed E-state index contributed by atoms with van der Waals surface area (Å²) in [5.41, 5.74) is 2.89. The zero-order chi connectivity index (χ0) is 14.1. The lowest BCUT2D eigenvalue weighted by atomic mass is 9.83. The molecule has 1 saturated heterocycles. The summed E-state index contributed by atoms with van der Waals surface area (Å²) in [5, 5.41) is 0. The van der Waals surface area contributed by atoms with Crippen LogP contribution < -0.4 is 0 Å². The van der Waals surface area contributed by atoms with Crippen LogP contribution in [0.1, 0.15) is 24.8 Å². The van der Waals surface area contributed by atoms with E-state index in [9.17, 15) is 4.79 Å². The van der Waals surface area contributed by atoms with Crippen LogP contribution in [0, 0.1) is 0 Å². The van der Waals surface area contributed by atoms with Crippen LogP contribution in [0.4, 0.5) is 0 Å². The van der Waals surface area contributed by atoms with E-state index < -0.39 is 0 Å². The van der Waals surface area contributed by atoms with Crippen LogP contribution in [0.3, 0.4) is 0 Å². The average molecular weight is 273 g/mol. The highest BCUT2D eigenvalue weighted by molar-refractivity contribution is 5.91. The number of allylic oxidation sites excluding steroid dienone is 1. The van der Waals surface area contributed by atoms with Gasteiger partial charge in [-0.1, -0.05) is 30.3 Å². The highest BCUT2D eigenvalue weighted by Crippen LogP contribution is 2.40. The quantitative estimate of drug-likeness (QED) is 0.775. The third kappa shape index (κ3) is 2.10. The number of fused-ring (bicyclic) bond motifs is 1. The van der Waals surface area contributed by atoms with Crippen molar-refractivity contribution in [3.05, 3.63) is 47.2 Å². The standard InChI is InChI=1S/C16H19NO3/c1-11-15(16(18)19-2)13(12-6-4-3-5-7-12)10-14-17(11)8-9-20-14/h3-7,13-14H,8-10H2,1-2H3/t13-,14+/m1/s1. The summed E-state index contributed by atoms with van der Waals surface area (Å²) in [7, 11) is 1.44. The highest BCUT2D eigenvalue weighted by atomic mass is 16.5. The first-order valence-corrected chi connectivity index (χ1v) is 6.94. The average Bonchev–Trinajstić information content (AvgIpc) is 2.96. The Labute approximate surface area is 119 Å². The maximum atomic E-state index is 12.2. The zero-order valence-electron chi connectivity index (χ0n) is 11.8. The Hall–Kier alpha value is -1.81. The predicted molar refractivity (Wildman–Crippen MR) is 75.0 cm³/mol. The van der Waals surface area contributed by atoms with Crippen LogP contribution in [0.5, 0.6) is 0 Å². The number of ether oxygens (including phenoxy) is 2. The van der Waals surface area contributed by atoms with Crippen molar-refractivity contribution < 1.29 is 14.3 Å². The van der Waals surface area contributed by atoms with Gasteiger partial charge in [-0.25, -0.2) is 4.79 Å². The lowest BCUT2D eigenvalue weighted by Gasteiger charge is -2.37. The zero-order valence-corrected chi connectivity index (χ0v) is 11.8. The fourth-order valence-corrected chi connectivity index (χ4v) is 3.21. The van der Waals surface area contributed by atoms with Crippen molar-refractivity contribution >= 4 is 5.97 Å². The van der Waals surface area contributed by atoms with E-state index in [2.05, 4.69) is 17.0 Å². The molecule has 0 spiro atoms. The van der Waals surface area contributed by atoms with Crippen molar-refractivity contribution in [1.29, 1.82) is 0 Å². The molecule has 106 valence electrons. The molecular weight excluding hydrogens is 254 g/mol. The van der Waals surface area contributed by atoms with Gasteiger partial charge in [0, 0.05) is 24.6 Å². The molecule has 4 nitrogen and oxygen atoms in total.